The monoisotopic (exact) mass is 673 g/mol. The standard InChI is InChI=1S/C41H41N2O3S2/c1-40(2)35(42(24-12-17-34(45)39-47-48-39)32-22-20-28-13-8-10-15-30(28)37(32)40)18-6-5-7-19-36-41(3,4)38-31-16-11-9-14-29(31)21-23-33(38)43(36)25-26-46-27-44/h5-11,13-16,18-23,27,39H,12,17,24-26H2,1-4H3/q+1. The van der Waals surface area contributed by atoms with Crippen LogP contribution in [0.5, 0.6) is 0 Å². The maximum absolute atomic E-state index is 12.5. The molecule has 0 bridgehead atoms. The third-order valence-corrected chi connectivity index (χ3v) is 12.1. The summed E-state index contributed by atoms with van der Waals surface area (Å²) in [5.41, 5.74) is 6.97. The van der Waals surface area contributed by atoms with E-state index in [2.05, 4.69) is 140 Å². The van der Waals surface area contributed by atoms with Gasteiger partial charge in [0.15, 0.2) is 11.5 Å². The molecule has 3 heterocycles. The number of fused-ring (bicyclic) bond motifs is 6. The minimum absolute atomic E-state index is 0.142. The van der Waals surface area contributed by atoms with Gasteiger partial charge in [-0.05, 0) is 59.2 Å². The van der Waals surface area contributed by atoms with Crippen LogP contribution in [0.4, 0.5) is 11.4 Å². The van der Waals surface area contributed by atoms with E-state index in [1.165, 1.54) is 49.8 Å². The quantitative estimate of drug-likeness (QED) is 0.0373. The highest BCUT2D eigenvalue weighted by atomic mass is 33.2. The second kappa shape index (κ2) is 13.1. The summed E-state index contributed by atoms with van der Waals surface area (Å²) < 4.78 is 7.72. The zero-order valence-corrected chi connectivity index (χ0v) is 29.6. The molecule has 3 aliphatic heterocycles. The normalized spacial score (nSPS) is 18.8. The molecule has 1 fully saturated rings. The molecular weight excluding hydrogens is 633 g/mol. The topological polar surface area (TPSA) is 49.6 Å². The molecule has 1 saturated heterocycles. The minimum Gasteiger partial charge on any atom is -0.466 e. The average molecular weight is 674 g/mol. The van der Waals surface area contributed by atoms with E-state index in [1.54, 1.807) is 21.6 Å². The minimum atomic E-state index is -0.248. The summed E-state index contributed by atoms with van der Waals surface area (Å²) in [6.45, 7) is 11.4. The van der Waals surface area contributed by atoms with E-state index in [0.717, 1.165) is 18.7 Å². The van der Waals surface area contributed by atoms with Crippen molar-refractivity contribution in [1.82, 2.24) is 0 Å². The van der Waals surface area contributed by atoms with Crippen LogP contribution in [0.2, 0.25) is 0 Å². The first kappa shape index (κ1) is 32.5. The smallest absolute Gasteiger partial charge is 0.293 e. The van der Waals surface area contributed by atoms with Crippen molar-refractivity contribution in [2.75, 3.05) is 24.6 Å². The Bertz CT molecular complexity index is 2050. The number of hydrogen-bond donors (Lipinski definition) is 0. The fraction of sp³-hybridized carbons (Fsp3) is 0.293. The molecule has 0 N–H and O–H groups in total. The summed E-state index contributed by atoms with van der Waals surface area (Å²) in [5.74, 6) is 0.354. The first-order valence-electron chi connectivity index (χ1n) is 16.7. The van der Waals surface area contributed by atoms with Gasteiger partial charge in [0.25, 0.3) is 6.47 Å². The van der Waals surface area contributed by atoms with Gasteiger partial charge >= 0.3 is 0 Å². The van der Waals surface area contributed by atoms with Crippen molar-refractivity contribution >= 4 is 72.5 Å². The van der Waals surface area contributed by atoms with Gasteiger partial charge in [0.1, 0.15) is 17.7 Å². The maximum Gasteiger partial charge on any atom is 0.293 e. The number of ether oxygens (including phenoxy) is 1. The number of anilines is 1. The van der Waals surface area contributed by atoms with E-state index in [4.69, 9.17) is 4.74 Å². The molecule has 244 valence electrons. The number of nitrogens with zero attached hydrogens (tertiary/aromatic N) is 2. The molecule has 0 amide bonds. The lowest BCUT2D eigenvalue weighted by molar-refractivity contribution is -0.438. The van der Waals surface area contributed by atoms with E-state index in [9.17, 15) is 9.59 Å². The number of Topliss-reactive ketones (excluding diaryl/α,β-unsaturated/α-hetero) is 1. The van der Waals surface area contributed by atoms with E-state index in [1.807, 2.05) is 0 Å². The Balaban J connectivity index is 1.21. The van der Waals surface area contributed by atoms with E-state index < -0.39 is 0 Å². The number of ketones is 1. The number of rotatable bonds is 12. The van der Waals surface area contributed by atoms with Crippen molar-refractivity contribution < 1.29 is 18.9 Å². The van der Waals surface area contributed by atoms with Gasteiger partial charge in [0.05, 0.1) is 12.0 Å². The summed E-state index contributed by atoms with van der Waals surface area (Å²) in [4.78, 5) is 25.8. The fourth-order valence-electron chi connectivity index (χ4n) is 7.77. The van der Waals surface area contributed by atoms with Crippen molar-refractivity contribution in [2.24, 2.45) is 0 Å². The predicted molar refractivity (Wildman–Crippen MR) is 203 cm³/mol. The molecular formula is C41H41N2O3S2+. The molecule has 0 aliphatic carbocycles. The second-order valence-electron chi connectivity index (χ2n) is 13.7. The van der Waals surface area contributed by atoms with Crippen LogP contribution >= 0.6 is 21.6 Å². The number of carbonyl (C=O) groups excluding carboxylic acids is 2. The van der Waals surface area contributed by atoms with Crippen LogP contribution in [-0.4, -0.2) is 46.8 Å². The largest absolute Gasteiger partial charge is 0.466 e. The third-order valence-electron chi connectivity index (χ3n) is 10.00. The Morgan fingerprint density at radius 2 is 1.54 bits per heavy atom. The zero-order valence-electron chi connectivity index (χ0n) is 27.9. The Labute approximate surface area is 290 Å². The Hall–Kier alpha value is -4.07. The average Bonchev–Trinajstić information content (AvgIpc) is 3.88. The molecule has 0 unspecified atom stereocenters. The lowest BCUT2D eigenvalue weighted by atomic mass is 9.79. The molecule has 3 aliphatic rings. The molecule has 0 atom stereocenters. The molecule has 5 nitrogen and oxygen atoms in total. The predicted octanol–water partition coefficient (Wildman–Crippen LogP) is 9.41. The number of carbonyl (C=O) groups is 2. The van der Waals surface area contributed by atoms with Crippen LogP contribution in [0.25, 0.3) is 21.5 Å². The molecule has 4 aromatic rings. The molecule has 7 rings (SSSR count). The highest BCUT2D eigenvalue weighted by Gasteiger charge is 2.45. The summed E-state index contributed by atoms with van der Waals surface area (Å²) in [6, 6.07) is 26.0. The molecule has 0 radical (unpaired) electrons. The first-order valence-corrected chi connectivity index (χ1v) is 18.9. The van der Waals surface area contributed by atoms with Crippen molar-refractivity contribution in [3.63, 3.8) is 0 Å². The number of benzene rings is 4. The van der Waals surface area contributed by atoms with E-state index in [0.29, 0.717) is 31.8 Å². The molecule has 48 heavy (non-hydrogen) atoms. The zero-order chi connectivity index (χ0) is 33.5. The number of hydrogen-bond acceptors (Lipinski definition) is 6. The Morgan fingerprint density at radius 1 is 0.854 bits per heavy atom. The van der Waals surface area contributed by atoms with E-state index >= 15 is 0 Å². The van der Waals surface area contributed by atoms with Gasteiger partial charge in [0.2, 0.25) is 5.69 Å². The molecule has 0 spiro atoms. The summed E-state index contributed by atoms with van der Waals surface area (Å²) in [7, 11) is 3.35. The van der Waals surface area contributed by atoms with Crippen molar-refractivity contribution in [3.05, 3.63) is 120 Å². The first-order chi connectivity index (χ1) is 23.2. The van der Waals surface area contributed by atoms with Crippen LogP contribution in [0.15, 0.2) is 109 Å². The van der Waals surface area contributed by atoms with Crippen LogP contribution in [0.1, 0.15) is 51.7 Å². The third kappa shape index (κ3) is 5.81. The molecule has 0 aromatic heterocycles. The van der Waals surface area contributed by atoms with Crippen molar-refractivity contribution in [2.45, 2.75) is 55.9 Å². The van der Waals surface area contributed by atoms with Crippen molar-refractivity contribution in [1.29, 1.82) is 0 Å². The summed E-state index contributed by atoms with van der Waals surface area (Å²) in [5, 5.41) is 4.99. The lowest BCUT2D eigenvalue weighted by Gasteiger charge is -2.26. The van der Waals surface area contributed by atoms with Crippen LogP contribution in [0.3, 0.4) is 0 Å². The van der Waals surface area contributed by atoms with Gasteiger partial charge in [-0.15, -0.1) is 0 Å². The van der Waals surface area contributed by atoms with Crippen LogP contribution in [0, 0.1) is 0 Å². The second-order valence-corrected chi connectivity index (χ2v) is 16.4. The van der Waals surface area contributed by atoms with Crippen LogP contribution in [-0.2, 0) is 25.2 Å². The van der Waals surface area contributed by atoms with Gasteiger partial charge in [-0.3, -0.25) is 9.59 Å². The van der Waals surface area contributed by atoms with Crippen LogP contribution < -0.4 is 4.90 Å². The molecule has 4 aromatic carbocycles. The highest BCUT2D eigenvalue weighted by molar-refractivity contribution is 8.93. The van der Waals surface area contributed by atoms with Crippen molar-refractivity contribution in [3.8, 4) is 0 Å². The maximum atomic E-state index is 12.5. The molecule has 7 heteroatoms. The van der Waals surface area contributed by atoms with Gasteiger partial charge in [0, 0.05) is 47.3 Å². The van der Waals surface area contributed by atoms with Gasteiger partial charge in [-0.2, -0.15) is 4.58 Å². The highest BCUT2D eigenvalue weighted by Crippen LogP contribution is 2.54. The van der Waals surface area contributed by atoms with Gasteiger partial charge < -0.3 is 9.64 Å². The Kier molecular flexibility index (Phi) is 8.86. The SMILES string of the molecule is CC1(C)C(/C=C/C=C/C=C2\N(CCOC=O)c3ccc4ccccc4c3C2(C)C)=[N+](CCCC(=O)C2SS2)c2ccc3ccccc3c21. The molecule has 0 saturated carbocycles. The Morgan fingerprint density at radius 3 is 2.25 bits per heavy atom. The summed E-state index contributed by atoms with van der Waals surface area (Å²) in [6.07, 6.45) is 12.2. The van der Waals surface area contributed by atoms with Gasteiger partial charge in [-0.1, -0.05) is 108 Å². The lowest BCUT2D eigenvalue weighted by Crippen LogP contribution is -2.29. The fourth-order valence-corrected chi connectivity index (χ4v) is 9.08. The van der Waals surface area contributed by atoms with E-state index in [-0.39, 0.29) is 15.4 Å². The number of allylic oxidation sites excluding steroid dienone is 6. The summed E-state index contributed by atoms with van der Waals surface area (Å²) >= 11 is 0. The van der Waals surface area contributed by atoms with Gasteiger partial charge in [-0.25, -0.2) is 0 Å².